The van der Waals surface area contributed by atoms with Gasteiger partial charge in [-0.1, -0.05) is 11.8 Å². The number of ether oxygens (including phenoxy) is 1. The first-order valence-electron chi connectivity index (χ1n) is 12.8. The van der Waals surface area contributed by atoms with Gasteiger partial charge in [0, 0.05) is 25.1 Å². The molecule has 1 unspecified atom stereocenters. The first-order chi connectivity index (χ1) is 18.7. The minimum Gasteiger partial charge on any atom is -0.497 e. The number of aliphatic carboxylic acids is 1. The summed E-state index contributed by atoms with van der Waals surface area (Å²) in [5, 5.41) is 13.2. The fraction of sp³-hybridized carbons (Fsp3) is 0.367. The average molecular weight is 536 g/mol. The Morgan fingerprint density at radius 3 is 2.82 bits per heavy atom. The number of carbonyl (C=O) groups excluding carboxylic acids is 1. The number of nitrogens with one attached hydrogen (secondary N) is 1. The Kier molecular flexibility index (Phi) is 9.10. The number of fused-ring (bicyclic) bond motifs is 1. The molecule has 0 bridgehead atoms. The molecule has 2 heterocycles. The van der Waals surface area contributed by atoms with E-state index >= 15 is 4.39 Å². The van der Waals surface area contributed by atoms with Crippen molar-refractivity contribution < 1.29 is 28.2 Å². The monoisotopic (exact) mass is 535 g/mol. The number of carboxylic acid groups (broad SMARTS) is 1. The van der Waals surface area contributed by atoms with Gasteiger partial charge in [0.15, 0.2) is 0 Å². The fourth-order valence-electron chi connectivity index (χ4n) is 5.06. The summed E-state index contributed by atoms with van der Waals surface area (Å²) in [7, 11) is 1.55. The van der Waals surface area contributed by atoms with Crippen LogP contribution in [0.4, 0.5) is 14.5 Å². The molecule has 1 saturated heterocycles. The molecule has 0 spiro atoms. The highest BCUT2D eigenvalue weighted by molar-refractivity contribution is 5.90. The number of pyridine rings is 1. The van der Waals surface area contributed by atoms with E-state index in [1.54, 1.807) is 37.6 Å². The number of anilines is 1. The summed E-state index contributed by atoms with van der Waals surface area (Å²) in [6.07, 6.45) is 1.57. The SMILES string of the molecule is COc1ccc2nccc(C(F)CC[C@@H]3CCN(CC#Cc4cc(F)ccc4NC(C)=O)C[C@@H]3C(=O)O)c2c1. The van der Waals surface area contributed by atoms with Crippen molar-refractivity contribution in [3.8, 4) is 17.6 Å². The lowest BCUT2D eigenvalue weighted by molar-refractivity contribution is -0.146. The number of carbonyl (C=O) groups is 2. The molecular weight excluding hydrogens is 504 g/mol. The van der Waals surface area contributed by atoms with Gasteiger partial charge in [-0.2, -0.15) is 0 Å². The van der Waals surface area contributed by atoms with Gasteiger partial charge < -0.3 is 15.2 Å². The van der Waals surface area contributed by atoms with Crippen LogP contribution in [0.25, 0.3) is 10.9 Å². The summed E-state index contributed by atoms with van der Waals surface area (Å²) >= 11 is 0. The summed E-state index contributed by atoms with van der Waals surface area (Å²) in [6, 6.07) is 11.0. The lowest BCUT2D eigenvalue weighted by atomic mass is 9.81. The van der Waals surface area contributed by atoms with E-state index in [0.717, 1.165) is 0 Å². The molecule has 4 rings (SSSR count). The highest BCUT2D eigenvalue weighted by atomic mass is 19.1. The maximum absolute atomic E-state index is 15.4. The van der Waals surface area contributed by atoms with E-state index in [1.165, 1.54) is 25.1 Å². The van der Waals surface area contributed by atoms with E-state index in [-0.39, 0.29) is 18.2 Å². The van der Waals surface area contributed by atoms with Gasteiger partial charge in [-0.15, -0.1) is 0 Å². The summed E-state index contributed by atoms with van der Waals surface area (Å²) < 4.78 is 34.4. The first-order valence-corrected chi connectivity index (χ1v) is 12.8. The molecule has 204 valence electrons. The predicted octanol–water partition coefficient (Wildman–Crippen LogP) is 5.21. The topological polar surface area (TPSA) is 91.8 Å². The molecule has 2 aromatic carbocycles. The second-order valence-corrected chi connectivity index (χ2v) is 9.73. The molecule has 1 amide bonds. The van der Waals surface area contributed by atoms with Crippen LogP contribution in [0.2, 0.25) is 0 Å². The second-order valence-electron chi connectivity index (χ2n) is 9.73. The Balaban J connectivity index is 1.39. The van der Waals surface area contributed by atoms with Gasteiger partial charge >= 0.3 is 5.97 Å². The highest BCUT2D eigenvalue weighted by Gasteiger charge is 2.34. The average Bonchev–Trinajstić information content (AvgIpc) is 2.92. The molecule has 39 heavy (non-hydrogen) atoms. The number of alkyl halides is 1. The van der Waals surface area contributed by atoms with Crippen molar-refractivity contribution in [3.63, 3.8) is 0 Å². The quantitative estimate of drug-likeness (QED) is 0.385. The number of halogens is 2. The number of aromatic nitrogens is 1. The van der Waals surface area contributed by atoms with Gasteiger partial charge in [0.25, 0.3) is 0 Å². The van der Waals surface area contributed by atoms with Crippen LogP contribution in [0.3, 0.4) is 0 Å². The first kappa shape index (κ1) is 28.0. The Morgan fingerprint density at radius 2 is 2.08 bits per heavy atom. The number of rotatable bonds is 8. The summed E-state index contributed by atoms with van der Waals surface area (Å²) in [4.78, 5) is 29.7. The Bertz CT molecular complexity index is 1420. The summed E-state index contributed by atoms with van der Waals surface area (Å²) in [6.45, 7) is 2.57. The van der Waals surface area contributed by atoms with Crippen LogP contribution in [-0.2, 0) is 9.59 Å². The third-order valence-electron chi connectivity index (χ3n) is 7.09. The van der Waals surface area contributed by atoms with Crippen molar-refractivity contribution in [2.75, 3.05) is 32.1 Å². The van der Waals surface area contributed by atoms with Crippen molar-refractivity contribution in [2.45, 2.75) is 32.4 Å². The van der Waals surface area contributed by atoms with Crippen molar-refractivity contribution >= 4 is 28.5 Å². The van der Waals surface area contributed by atoms with Crippen molar-refractivity contribution in [1.29, 1.82) is 0 Å². The van der Waals surface area contributed by atoms with E-state index in [1.807, 2.05) is 4.90 Å². The van der Waals surface area contributed by atoms with Crippen LogP contribution in [0.15, 0.2) is 48.7 Å². The molecule has 3 aromatic rings. The Morgan fingerprint density at radius 1 is 1.26 bits per heavy atom. The van der Waals surface area contributed by atoms with E-state index in [4.69, 9.17) is 4.74 Å². The third kappa shape index (κ3) is 7.09. The van der Waals surface area contributed by atoms with Gasteiger partial charge in [-0.25, -0.2) is 8.78 Å². The third-order valence-corrected chi connectivity index (χ3v) is 7.09. The Labute approximate surface area is 226 Å². The molecule has 0 aliphatic carbocycles. The van der Waals surface area contributed by atoms with E-state index in [2.05, 4.69) is 22.1 Å². The normalized spacial score (nSPS) is 18.2. The molecular formula is C30H31F2N3O4. The van der Waals surface area contributed by atoms with Gasteiger partial charge in [0.1, 0.15) is 17.7 Å². The number of hydrogen-bond acceptors (Lipinski definition) is 5. The highest BCUT2D eigenvalue weighted by Crippen LogP contribution is 2.35. The number of amides is 1. The molecule has 3 atom stereocenters. The fourth-order valence-corrected chi connectivity index (χ4v) is 5.06. The number of nitrogens with zero attached hydrogens (tertiary/aromatic N) is 2. The van der Waals surface area contributed by atoms with Crippen LogP contribution in [0, 0.1) is 29.5 Å². The lowest BCUT2D eigenvalue weighted by Gasteiger charge is -2.35. The summed E-state index contributed by atoms with van der Waals surface area (Å²) in [5.74, 6) is 4.00. The number of piperidine rings is 1. The molecule has 1 aromatic heterocycles. The molecule has 2 N–H and O–H groups in total. The van der Waals surface area contributed by atoms with Crippen LogP contribution >= 0.6 is 0 Å². The van der Waals surface area contributed by atoms with Crippen LogP contribution in [-0.4, -0.2) is 53.6 Å². The zero-order valence-corrected chi connectivity index (χ0v) is 21.9. The number of likely N-dealkylation sites (tertiary alicyclic amines) is 1. The maximum atomic E-state index is 15.4. The van der Waals surface area contributed by atoms with E-state index in [9.17, 15) is 19.1 Å². The van der Waals surface area contributed by atoms with Crippen molar-refractivity contribution in [3.05, 3.63) is 65.6 Å². The molecule has 9 heteroatoms. The minimum absolute atomic E-state index is 0.165. The number of hydrogen-bond donors (Lipinski definition) is 2. The summed E-state index contributed by atoms with van der Waals surface area (Å²) in [5.41, 5.74) is 1.97. The van der Waals surface area contributed by atoms with Crippen LogP contribution in [0.1, 0.15) is 43.5 Å². The number of carboxylic acids is 1. The largest absolute Gasteiger partial charge is 0.497 e. The number of methoxy groups -OCH3 is 1. The molecule has 0 saturated carbocycles. The van der Waals surface area contributed by atoms with Gasteiger partial charge in [0.05, 0.1) is 36.3 Å². The molecule has 1 aliphatic heterocycles. The van der Waals surface area contributed by atoms with E-state index < -0.39 is 23.9 Å². The zero-order valence-electron chi connectivity index (χ0n) is 21.9. The maximum Gasteiger partial charge on any atom is 0.308 e. The number of benzene rings is 2. The van der Waals surface area contributed by atoms with Crippen LogP contribution in [0.5, 0.6) is 5.75 Å². The second kappa shape index (κ2) is 12.7. The van der Waals surface area contributed by atoms with E-state index in [0.29, 0.717) is 65.9 Å². The van der Waals surface area contributed by atoms with Crippen molar-refractivity contribution in [1.82, 2.24) is 9.88 Å². The Hall–Kier alpha value is -4.03. The molecule has 1 fully saturated rings. The zero-order chi connectivity index (χ0) is 27.9. The molecule has 7 nitrogen and oxygen atoms in total. The van der Waals surface area contributed by atoms with Crippen molar-refractivity contribution in [2.24, 2.45) is 11.8 Å². The molecule has 1 aliphatic rings. The van der Waals surface area contributed by atoms with Gasteiger partial charge in [-0.3, -0.25) is 19.5 Å². The lowest BCUT2D eigenvalue weighted by Crippen LogP contribution is -2.44. The molecule has 0 radical (unpaired) electrons. The van der Waals surface area contributed by atoms with Gasteiger partial charge in [0.2, 0.25) is 5.91 Å². The minimum atomic E-state index is -1.26. The smallest absolute Gasteiger partial charge is 0.308 e. The van der Waals surface area contributed by atoms with Crippen LogP contribution < -0.4 is 10.1 Å². The predicted molar refractivity (Wildman–Crippen MR) is 145 cm³/mol. The van der Waals surface area contributed by atoms with Gasteiger partial charge in [-0.05, 0) is 79.8 Å². The standard InChI is InChI=1S/C30H31F2N3O4/c1-19(36)34-28-9-6-22(31)16-21(28)4-3-14-35-15-12-20(26(18-35)30(37)38)5-8-27(32)24-11-13-33-29-10-7-23(39-2)17-25(24)29/h6-7,9-11,13,16-17,20,26-27H,5,8,12,14-15,18H2,1-2H3,(H,34,36)(H,37,38)/t20-,26+,27?/m1/s1.